The fourth-order valence-corrected chi connectivity index (χ4v) is 4.01. The largest absolute Gasteiger partial charge is 0.329 e. The average Bonchev–Trinajstić information content (AvgIpc) is 3.31. The van der Waals surface area contributed by atoms with Gasteiger partial charge in [-0.3, -0.25) is 9.48 Å². The van der Waals surface area contributed by atoms with Crippen LogP contribution in [0.1, 0.15) is 53.9 Å². The molecule has 0 bridgehead atoms. The summed E-state index contributed by atoms with van der Waals surface area (Å²) >= 11 is 0. The van der Waals surface area contributed by atoms with E-state index >= 15 is 0 Å². The van der Waals surface area contributed by atoms with Gasteiger partial charge in [0.1, 0.15) is 5.82 Å². The molecule has 1 aliphatic heterocycles. The highest BCUT2D eigenvalue weighted by Crippen LogP contribution is 2.28. The molecular weight excluding hydrogens is 352 g/mol. The van der Waals surface area contributed by atoms with Crippen LogP contribution in [0, 0.1) is 12.8 Å². The number of rotatable bonds is 5. The topological polar surface area (TPSA) is 68.8 Å². The number of fused-ring (bicyclic) bond motifs is 1. The van der Waals surface area contributed by atoms with Crippen LogP contribution in [0.2, 0.25) is 0 Å². The zero-order valence-corrected chi connectivity index (χ0v) is 16.6. The average molecular weight is 378 g/mol. The third-order valence-corrected chi connectivity index (χ3v) is 5.17. The first-order valence-corrected chi connectivity index (χ1v) is 9.77. The summed E-state index contributed by atoms with van der Waals surface area (Å²) in [5.41, 5.74) is 1.77. The maximum atomic E-state index is 13.2. The summed E-state index contributed by atoms with van der Waals surface area (Å²) in [5.74, 6) is 2.37. The van der Waals surface area contributed by atoms with E-state index in [2.05, 4.69) is 33.7 Å². The van der Waals surface area contributed by atoms with Gasteiger partial charge in [-0.1, -0.05) is 26.0 Å². The second-order valence-electron chi connectivity index (χ2n) is 7.91. The molecule has 1 aromatic carbocycles. The molecule has 3 heterocycles. The molecule has 4 rings (SSSR count). The molecule has 1 atom stereocenters. The van der Waals surface area contributed by atoms with Crippen molar-refractivity contribution in [3.63, 3.8) is 0 Å². The van der Waals surface area contributed by atoms with E-state index in [4.69, 9.17) is 0 Å². The molecule has 0 unspecified atom stereocenters. The Balaban J connectivity index is 1.56. The lowest BCUT2D eigenvalue weighted by Gasteiger charge is -2.35. The maximum absolute atomic E-state index is 13.2. The molecule has 7 nitrogen and oxygen atoms in total. The zero-order valence-electron chi connectivity index (χ0n) is 16.6. The number of aryl methyl sites for hydroxylation is 1. The standard InChI is InChI=1S/C21H26N6O/c1-15(2)10-19-13-25(14-20-24-23-16(3)27(19)20)21(28)18-7-4-6-17(11-18)12-26-9-5-8-22-26/h4-9,11,15,19H,10,12-14H2,1-3H3/t19-/m0/s1. The molecule has 146 valence electrons. The lowest BCUT2D eigenvalue weighted by molar-refractivity contribution is 0.0660. The van der Waals surface area contributed by atoms with Crippen LogP contribution in [0.25, 0.3) is 0 Å². The lowest BCUT2D eigenvalue weighted by Crippen LogP contribution is -2.42. The summed E-state index contributed by atoms with van der Waals surface area (Å²) in [5, 5.41) is 12.8. The fraction of sp³-hybridized carbons (Fsp3) is 0.429. The highest BCUT2D eigenvalue weighted by Gasteiger charge is 2.31. The quantitative estimate of drug-likeness (QED) is 0.684. The highest BCUT2D eigenvalue weighted by atomic mass is 16.2. The van der Waals surface area contributed by atoms with Crippen molar-refractivity contribution in [3.05, 3.63) is 65.5 Å². The third-order valence-electron chi connectivity index (χ3n) is 5.17. The smallest absolute Gasteiger partial charge is 0.254 e. The van der Waals surface area contributed by atoms with Crippen molar-refractivity contribution in [2.45, 2.75) is 46.3 Å². The summed E-state index contributed by atoms with van der Waals surface area (Å²) < 4.78 is 4.06. The zero-order chi connectivity index (χ0) is 19.7. The summed E-state index contributed by atoms with van der Waals surface area (Å²) in [6.45, 7) is 8.24. The van der Waals surface area contributed by atoms with Crippen LogP contribution < -0.4 is 0 Å². The summed E-state index contributed by atoms with van der Waals surface area (Å²) in [6, 6.07) is 9.93. The van der Waals surface area contributed by atoms with E-state index in [1.165, 1.54) is 0 Å². The number of aromatic nitrogens is 5. The molecule has 0 spiro atoms. The van der Waals surface area contributed by atoms with E-state index < -0.39 is 0 Å². The van der Waals surface area contributed by atoms with Gasteiger partial charge in [0.05, 0.1) is 19.1 Å². The molecule has 0 radical (unpaired) electrons. The third kappa shape index (κ3) is 3.69. The lowest BCUT2D eigenvalue weighted by atomic mass is 10.0. The molecule has 7 heteroatoms. The van der Waals surface area contributed by atoms with Gasteiger partial charge in [0.15, 0.2) is 5.82 Å². The van der Waals surface area contributed by atoms with Crippen LogP contribution in [-0.4, -0.2) is 41.9 Å². The van der Waals surface area contributed by atoms with E-state index in [1.54, 1.807) is 6.20 Å². The molecule has 0 saturated heterocycles. The molecule has 0 N–H and O–H groups in total. The molecule has 0 fully saturated rings. The Morgan fingerprint density at radius 1 is 1.25 bits per heavy atom. The SMILES string of the molecule is Cc1nnc2n1[C@@H](CC(C)C)CN(C(=O)c1cccc(Cn3cccn3)c1)C2. The predicted octanol–water partition coefficient (Wildman–Crippen LogP) is 3.07. The second-order valence-corrected chi connectivity index (χ2v) is 7.91. The van der Waals surface area contributed by atoms with Gasteiger partial charge in [-0.15, -0.1) is 10.2 Å². The number of hydrogen-bond acceptors (Lipinski definition) is 4. The van der Waals surface area contributed by atoms with Crippen molar-refractivity contribution in [3.8, 4) is 0 Å². The first-order valence-electron chi connectivity index (χ1n) is 9.77. The monoisotopic (exact) mass is 378 g/mol. The van der Waals surface area contributed by atoms with Crippen molar-refractivity contribution in [1.29, 1.82) is 0 Å². The van der Waals surface area contributed by atoms with Crippen LogP contribution >= 0.6 is 0 Å². The molecular formula is C21H26N6O. The number of carbonyl (C=O) groups is 1. The van der Waals surface area contributed by atoms with E-state index in [0.717, 1.165) is 23.6 Å². The van der Waals surface area contributed by atoms with Gasteiger partial charge in [-0.05, 0) is 43.0 Å². The number of benzene rings is 1. The summed E-state index contributed by atoms with van der Waals surface area (Å²) in [7, 11) is 0. The minimum absolute atomic E-state index is 0.0444. The second kappa shape index (κ2) is 7.58. The fourth-order valence-electron chi connectivity index (χ4n) is 4.01. The van der Waals surface area contributed by atoms with E-state index in [0.29, 0.717) is 31.1 Å². The van der Waals surface area contributed by atoms with Gasteiger partial charge in [-0.2, -0.15) is 5.10 Å². The van der Waals surface area contributed by atoms with Gasteiger partial charge in [0.25, 0.3) is 5.91 Å². The Kier molecular flexibility index (Phi) is 4.98. The van der Waals surface area contributed by atoms with E-state index in [-0.39, 0.29) is 11.9 Å². The van der Waals surface area contributed by atoms with Gasteiger partial charge < -0.3 is 9.47 Å². The highest BCUT2D eigenvalue weighted by molar-refractivity contribution is 5.94. The van der Waals surface area contributed by atoms with Crippen LogP contribution in [0.4, 0.5) is 0 Å². The van der Waals surface area contributed by atoms with E-state index in [9.17, 15) is 4.79 Å². The summed E-state index contributed by atoms with van der Waals surface area (Å²) in [4.78, 5) is 15.2. The number of carbonyl (C=O) groups excluding carboxylic acids is 1. The van der Waals surface area contributed by atoms with E-state index in [1.807, 2.05) is 53.0 Å². The van der Waals surface area contributed by atoms with Gasteiger partial charge in [-0.25, -0.2) is 0 Å². The Labute approximate surface area is 165 Å². The normalized spacial score (nSPS) is 16.4. The first-order chi connectivity index (χ1) is 13.5. The molecule has 0 saturated carbocycles. The number of nitrogens with zero attached hydrogens (tertiary/aromatic N) is 6. The Morgan fingerprint density at radius 2 is 2.11 bits per heavy atom. The molecule has 1 amide bonds. The minimum Gasteiger partial charge on any atom is -0.329 e. The minimum atomic E-state index is 0.0444. The van der Waals surface area contributed by atoms with Crippen LogP contribution in [0.3, 0.4) is 0 Å². The summed E-state index contributed by atoms with van der Waals surface area (Å²) in [6.07, 6.45) is 4.68. The van der Waals surface area contributed by atoms with Crippen molar-refractivity contribution < 1.29 is 4.79 Å². The van der Waals surface area contributed by atoms with Gasteiger partial charge >= 0.3 is 0 Å². The molecule has 28 heavy (non-hydrogen) atoms. The van der Waals surface area contributed by atoms with Gasteiger partial charge in [0.2, 0.25) is 0 Å². The predicted molar refractivity (Wildman–Crippen MR) is 106 cm³/mol. The van der Waals surface area contributed by atoms with Gasteiger partial charge in [0, 0.05) is 24.5 Å². The Morgan fingerprint density at radius 3 is 2.86 bits per heavy atom. The van der Waals surface area contributed by atoms with Crippen molar-refractivity contribution in [1.82, 2.24) is 29.4 Å². The van der Waals surface area contributed by atoms with Crippen molar-refractivity contribution >= 4 is 5.91 Å². The van der Waals surface area contributed by atoms with Crippen LogP contribution in [-0.2, 0) is 13.1 Å². The first kappa shape index (κ1) is 18.4. The number of hydrogen-bond donors (Lipinski definition) is 0. The molecule has 0 aliphatic carbocycles. The van der Waals surface area contributed by atoms with Crippen LogP contribution in [0.5, 0.6) is 0 Å². The Bertz CT molecular complexity index is 959. The molecule has 3 aromatic rings. The molecule has 2 aromatic heterocycles. The van der Waals surface area contributed by atoms with Crippen molar-refractivity contribution in [2.24, 2.45) is 5.92 Å². The molecule has 1 aliphatic rings. The number of amides is 1. The van der Waals surface area contributed by atoms with Crippen LogP contribution in [0.15, 0.2) is 42.7 Å². The Hall–Kier alpha value is -2.96. The van der Waals surface area contributed by atoms with Crippen molar-refractivity contribution in [2.75, 3.05) is 6.54 Å². The maximum Gasteiger partial charge on any atom is 0.254 e.